The Labute approximate surface area is 169 Å². The first kappa shape index (κ1) is 19.0. The zero-order chi connectivity index (χ0) is 18.5. The third-order valence-electron chi connectivity index (χ3n) is 3.23. The van der Waals surface area contributed by atoms with Crippen molar-refractivity contribution in [2.45, 2.75) is 11.3 Å². The van der Waals surface area contributed by atoms with Gasteiger partial charge in [0, 0.05) is 5.69 Å². The highest BCUT2D eigenvalue weighted by Gasteiger charge is 2.11. The Morgan fingerprint density at radius 3 is 2.81 bits per heavy atom. The maximum Gasteiger partial charge on any atom is 0.234 e. The van der Waals surface area contributed by atoms with Crippen molar-refractivity contribution in [1.29, 1.82) is 0 Å². The van der Waals surface area contributed by atoms with Crippen LogP contribution < -0.4 is 10.6 Å². The molecule has 1 heterocycles. The van der Waals surface area contributed by atoms with Gasteiger partial charge >= 0.3 is 0 Å². The van der Waals surface area contributed by atoms with Crippen LogP contribution in [0.4, 0.5) is 16.5 Å². The lowest BCUT2D eigenvalue weighted by Gasteiger charge is -2.07. The molecule has 1 amide bonds. The number of carbonyl (C=O) groups excluding carboxylic acids is 1. The molecule has 3 aromatic rings. The van der Waals surface area contributed by atoms with Crippen molar-refractivity contribution < 1.29 is 4.79 Å². The van der Waals surface area contributed by atoms with Crippen LogP contribution in [-0.2, 0) is 4.79 Å². The highest BCUT2D eigenvalue weighted by atomic mass is 35.5. The fourth-order valence-electron chi connectivity index (χ4n) is 2.08. The molecule has 0 aliphatic heterocycles. The van der Waals surface area contributed by atoms with Crippen LogP contribution >= 0.6 is 46.3 Å². The number of nitrogens with zero attached hydrogens (tertiary/aromatic N) is 2. The van der Waals surface area contributed by atoms with E-state index in [-0.39, 0.29) is 11.7 Å². The minimum absolute atomic E-state index is 0.192. The molecule has 3 rings (SSSR count). The normalized spacial score (nSPS) is 10.6. The van der Waals surface area contributed by atoms with Gasteiger partial charge in [-0.25, -0.2) is 0 Å². The van der Waals surface area contributed by atoms with Crippen molar-refractivity contribution in [3.63, 3.8) is 0 Å². The van der Waals surface area contributed by atoms with E-state index in [9.17, 15) is 4.79 Å². The molecule has 5 nitrogen and oxygen atoms in total. The summed E-state index contributed by atoms with van der Waals surface area (Å²) in [6, 6.07) is 13.1. The van der Waals surface area contributed by atoms with Gasteiger partial charge in [-0.3, -0.25) is 4.79 Å². The van der Waals surface area contributed by atoms with E-state index >= 15 is 0 Å². The number of halogens is 2. The van der Waals surface area contributed by atoms with Gasteiger partial charge in [0.1, 0.15) is 0 Å². The summed E-state index contributed by atoms with van der Waals surface area (Å²) < 4.78 is 0.701. The number of anilines is 3. The highest BCUT2D eigenvalue weighted by molar-refractivity contribution is 8.01. The van der Waals surface area contributed by atoms with Gasteiger partial charge in [-0.15, -0.1) is 10.2 Å². The smallest absolute Gasteiger partial charge is 0.234 e. The van der Waals surface area contributed by atoms with Crippen molar-refractivity contribution in [2.24, 2.45) is 0 Å². The highest BCUT2D eigenvalue weighted by Crippen LogP contribution is 2.31. The maximum atomic E-state index is 12.1. The first-order valence-electron chi connectivity index (χ1n) is 7.55. The molecule has 0 saturated heterocycles. The number of benzene rings is 2. The molecular weight excluding hydrogens is 411 g/mol. The Kier molecular flexibility index (Phi) is 6.37. The summed E-state index contributed by atoms with van der Waals surface area (Å²) in [7, 11) is 0. The molecule has 0 bridgehead atoms. The average molecular weight is 425 g/mol. The first-order valence-corrected chi connectivity index (χ1v) is 10.1. The molecule has 0 radical (unpaired) electrons. The van der Waals surface area contributed by atoms with Crippen molar-refractivity contribution in [3.05, 3.63) is 58.1 Å². The molecule has 2 N–H and O–H groups in total. The fraction of sp³-hybridized carbons (Fsp3) is 0.118. The molecule has 9 heteroatoms. The summed E-state index contributed by atoms with van der Waals surface area (Å²) in [5, 5.41) is 15.5. The summed E-state index contributed by atoms with van der Waals surface area (Å²) in [5.74, 6) is 0.00428. The SMILES string of the molecule is Cc1cccc(Nc2nnc(SCC(=O)Nc3cccc(Cl)c3Cl)s2)c1. The minimum Gasteiger partial charge on any atom is -0.330 e. The Morgan fingerprint density at radius 2 is 2.00 bits per heavy atom. The van der Waals surface area contributed by atoms with Gasteiger partial charge in [0.05, 0.1) is 21.5 Å². The largest absolute Gasteiger partial charge is 0.330 e. The second-order valence-electron chi connectivity index (χ2n) is 5.31. The lowest BCUT2D eigenvalue weighted by molar-refractivity contribution is -0.113. The summed E-state index contributed by atoms with van der Waals surface area (Å²) >= 11 is 14.7. The Morgan fingerprint density at radius 1 is 1.19 bits per heavy atom. The van der Waals surface area contributed by atoms with Crippen LogP contribution in [0.25, 0.3) is 0 Å². The Balaban J connectivity index is 1.54. The average Bonchev–Trinajstić information content (AvgIpc) is 3.05. The summed E-state index contributed by atoms with van der Waals surface area (Å²) in [6.45, 7) is 2.03. The maximum absolute atomic E-state index is 12.1. The predicted octanol–water partition coefficient (Wildman–Crippen LogP) is 5.63. The molecule has 0 atom stereocenters. The van der Waals surface area contributed by atoms with Crippen molar-refractivity contribution in [2.75, 3.05) is 16.4 Å². The van der Waals surface area contributed by atoms with Gasteiger partial charge in [-0.1, -0.05) is 64.5 Å². The van der Waals surface area contributed by atoms with E-state index in [1.807, 2.05) is 31.2 Å². The fourth-order valence-corrected chi connectivity index (χ4v) is 4.00. The second-order valence-corrected chi connectivity index (χ2v) is 8.29. The number of nitrogens with one attached hydrogen (secondary N) is 2. The molecule has 26 heavy (non-hydrogen) atoms. The molecule has 1 aromatic heterocycles. The third-order valence-corrected chi connectivity index (χ3v) is 6.02. The molecular formula is C17H14Cl2N4OS2. The van der Waals surface area contributed by atoms with Crippen LogP contribution in [0.5, 0.6) is 0 Å². The van der Waals surface area contributed by atoms with Gasteiger partial charge < -0.3 is 10.6 Å². The van der Waals surface area contributed by atoms with Gasteiger partial charge in [0.2, 0.25) is 11.0 Å². The van der Waals surface area contributed by atoms with Crippen molar-refractivity contribution in [3.8, 4) is 0 Å². The monoisotopic (exact) mass is 424 g/mol. The molecule has 0 unspecified atom stereocenters. The molecule has 0 aliphatic rings. The van der Waals surface area contributed by atoms with Gasteiger partial charge in [0.15, 0.2) is 4.34 Å². The molecule has 0 fully saturated rings. The van der Waals surface area contributed by atoms with E-state index < -0.39 is 0 Å². The third kappa shape index (κ3) is 5.11. The second kappa shape index (κ2) is 8.73. The predicted molar refractivity (Wildman–Crippen MR) is 110 cm³/mol. The summed E-state index contributed by atoms with van der Waals surface area (Å²) in [5.41, 5.74) is 2.60. The number of thioether (sulfide) groups is 1. The number of aryl methyl sites for hydroxylation is 1. The first-order chi connectivity index (χ1) is 12.5. The van der Waals surface area contributed by atoms with Gasteiger partial charge in [-0.05, 0) is 36.8 Å². The van der Waals surface area contributed by atoms with Crippen LogP contribution in [0.2, 0.25) is 10.0 Å². The number of hydrogen-bond acceptors (Lipinski definition) is 6. The molecule has 0 aliphatic carbocycles. The van der Waals surface area contributed by atoms with Crippen LogP contribution in [0.3, 0.4) is 0 Å². The number of rotatable bonds is 6. The van der Waals surface area contributed by atoms with Crippen LogP contribution in [0.1, 0.15) is 5.56 Å². The molecule has 2 aromatic carbocycles. The molecule has 0 spiro atoms. The lowest BCUT2D eigenvalue weighted by atomic mass is 10.2. The van der Waals surface area contributed by atoms with Gasteiger partial charge in [0.25, 0.3) is 0 Å². The number of amides is 1. The summed E-state index contributed by atoms with van der Waals surface area (Å²) in [4.78, 5) is 12.1. The van der Waals surface area contributed by atoms with Crippen LogP contribution in [0.15, 0.2) is 46.8 Å². The van der Waals surface area contributed by atoms with Crippen molar-refractivity contribution in [1.82, 2.24) is 10.2 Å². The Hall–Kier alpha value is -1.80. The molecule has 134 valence electrons. The van der Waals surface area contributed by atoms with E-state index in [0.29, 0.717) is 25.2 Å². The number of carbonyl (C=O) groups is 1. The van der Waals surface area contributed by atoms with E-state index in [0.717, 1.165) is 11.3 Å². The standard InChI is InChI=1S/C17H14Cl2N4OS2/c1-10-4-2-5-11(8-10)20-16-22-23-17(26-16)25-9-14(24)21-13-7-3-6-12(18)15(13)19/h2-8H,9H2,1H3,(H,20,22)(H,21,24). The zero-order valence-electron chi connectivity index (χ0n) is 13.6. The van der Waals surface area contributed by atoms with Gasteiger partial charge in [-0.2, -0.15) is 0 Å². The topological polar surface area (TPSA) is 66.9 Å². The number of hydrogen-bond donors (Lipinski definition) is 2. The van der Waals surface area contributed by atoms with Crippen LogP contribution in [0, 0.1) is 6.92 Å². The van der Waals surface area contributed by atoms with E-state index in [1.54, 1.807) is 18.2 Å². The minimum atomic E-state index is -0.192. The number of aromatic nitrogens is 2. The van der Waals surface area contributed by atoms with E-state index in [4.69, 9.17) is 23.2 Å². The Bertz CT molecular complexity index is 933. The lowest BCUT2D eigenvalue weighted by Crippen LogP contribution is -2.14. The molecule has 0 saturated carbocycles. The van der Waals surface area contributed by atoms with Crippen LogP contribution in [-0.4, -0.2) is 21.9 Å². The zero-order valence-corrected chi connectivity index (χ0v) is 16.8. The van der Waals surface area contributed by atoms with E-state index in [1.165, 1.54) is 23.1 Å². The van der Waals surface area contributed by atoms with E-state index in [2.05, 4.69) is 20.8 Å². The van der Waals surface area contributed by atoms with Crippen molar-refractivity contribution >= 4 is 68.7 Å². The quantitative estimate of drug-likeness (QED) is 0.501. The summed E-state index contributed by atoms with van der Waals surface area (Å²) in [6.07, 6.45) is 0.